The maximum Gasteiger partial charge on any atom is 0.227 e. The van der Waals surface area contributed by atoms with E-state index >= 15 is 0 Å². The van der Waals surface area contributed by atoms with Gasteiger partial charge in [0.15, 0.2) is 0 Å². The van der Waals surface area contributed by atoms with Crippen molar-refractivity contribution < 1.29 is 4.79 Å². The molecule has 1 N–H and O–H groups in total. The van der Waals surface area contributed by atoms with E-state index in [2.05, 4.69) is 15.2 Å². The van der Waals surface area contributed by atoms with Gasteiger partial charge in [-0.05, 0) is 31.2 Å². The van der Waals surface area contributed by atoms with Gasteiger partial charge >= 0.3 is 0 Å². The molecule has 6 nitrogen and oxygen atoms in total. The molecule has 0 unspecified atom stereocenters. The summed E-state index contributed by atoms with van der Waals surface area (Å²) in [4.78, 5) is 23.5. The van der Waals surface area contributed by atoms with Crippen LogP contribution in [0.1, 0.15) is 39.3 Å². The first-order chi connectivity index (χ1) is 11.4. The van der Waals surface area contributed by atoms with Gasteiger partial charge in [0.05, 0.1) is 17.6 Å². The van der Waals surface area contributed by atoms with E-state index in [0.29, 0.717) is 5.92 Å². The second kappa shape index (κ2) is 6.71. The number of carbonyl (C=O) groups is 1. The Kier molecular flexibility index (Phi) is 4.64. The third-order valence-corrected chi connectivity index (χ3v) is 4.41. The molecule has 24 heavy (non-hydrogen) atoms. The molecule has 0 aromatic carbocycles. The van der Waals surface area contributed by atoms with E-state index in [1.54, 1.807) is 12.4 Å². The van der Waals surface area contributed by atoms with Gasteiger partial charge < -0.3 is 4.90 Å². The lowest BCUT2D eigenvalue weighted by molar-refractivity contribution is -0.141. The maximum atomic E-state index is 12.5. The molecule has 0 aliphatic carbocycles. The standard InChI is InChI=1S/C18H25N5O/c1-18(2,3)17(24)23-8-4-5-13(12-23)9-14-10-19-11-16(21-14)15-6-7-20-22-15/h6-7,10-11,13H,4-5,8-9,12H2,1-3H3,(H,20,22)/t13-/m1/s1. The minimum Gasteiger partial charge on any atom is -0.342 e. The van der Waals surface area contributed by atoms with Gasteiger partial charge in [0, 0.05) is 30.9 Å². The van der Waals surface area contributed by atoms with Gasteiger partial charge in [-0.3, -0.25) is 14.9 Å². The fourth-order valence-electron chi connectivity index (χ4n) is 3.22. The summed E-state index contributed by atoms with van der Waals surface area (Å²) in [6, 6.07) is 1.89. The van der Waals surface area contributed by atoms with Crippen molar-refractivity contribution in [1.82, 2.24) is 25.1 Å². The van der Waals surface area contributed by atoms with Crippen LogP contribution in [0.2, 0.25) is 0 Å². The number of nitrogens with one attached hydrogen (secondary N) is 1. The molecule has 2 aromatic heterocycles. The Morgan fingerprint density at radius 2 is 2.21 bits per heavy atom. The van der Waals surface area contributed by atoms with Crippen LogP contribution < -0.4 is 0 Å². The van der Waals surface area contributed by atoms with Crippen LogP contribution >= 0.6 is 0 Å². The number of carbonyl (C=O) groups excluding carboxylic acids is 1. The Balaban J connectivity index is 1.68. The number of piperidine rings is 1. The molecule has 1 aliphatic heterocycles. The Bertz CT molecular complexity index is 690. The van der Waals surface area contributed by atoms with Crippen LogP contribution in [0, 0.1) is 11.3 Å². The summed E-state index contributed by atoms with van der Waals surface area (Å²) in [7, 11) is 0. The fraction of sp³-hybridized carbons (Fsp3) is 0.556. The molecule has 0 radical (unpaired) electrons. The molecule has 1 aliphatic rings. The minimum atomic E-state index is -0.317. The van der Waals surface area contributed by atoms with E-state index in [0.717, 1.165) is 49.4 Å². The molecule has 128 valence electrons. The molecule has 1 atom stereocenters. The third-order valence-electron chi connectivity index (χ3n) is 4.41. The average Bonchev–Trinajstić information content (AvgIpc) is 3.08. The predicted molar refractivity (Wildman–Crippen MR) is 92.1 cm³/mol. The zero-order valence-corrected chi connectivity index (χ0v) is 14.6. The first kappa shape index (κ1) is 16.6. The van der Waals surface area contributed by atoms with E-state index in [9.17, 15) is 4.79 Å². The number of aromatic nitrogens is 4. The van der Waals surface area contributed by atoms with Gasteiger partial charge in [0.25, 0.3) is 0 Å². The lowest BCUT2D eigenvalue weighted by Gasteiger charge is -2.36. The van der Waals surface area contributed by atoms with E-state index < -0.39 is 0 Å². The number of hydrogen-bond acceptors (Lipinski definition) is 4. The molecule has 6 heteroatoms. The number of H-pyrrole nitrogens is 1. The number of amides is 1. The number of aromatic amines is 1. The van der Waals surface area contributed by atoms with Crippen molar-refractivity contribution in [3.8, 4) is 11.4 Å². The van der Waals surface area contributed by atoms with Crippen molar-refractivity contribution in [2.75, 3.05) is 13.1 Å². The van der Waals surface area contributed by atoms with Gasteiger partial charge in [-0.1, -0.05) is 20.8 Å². The monoisotopic (exact) mass is 327 g/mol. The van der Waals surface area contributed by atoms with Crippen molar-refractivity contribution in [2.45, 2.75) is 40.0 Å². The smallest absolute Gasteiger partial charge is 0.227 e. The number of rotatable bonds is 3. The van der Waals surface area contributed by atoms with Crippen LogP contribution in [-0.4, -0.2) is 44.1 Å². The second-order valence-electron chi connectivity index (χ2n) is 7.58. The number of nitrogens with zero attached hydrogens (tertiary/aromatic N) is 4. The van der Waals surface area contributed by atoms with Crippen molar-refractivity contribution in [1.29, 1.82) is 0 Å². The van der Waals surface area contributed by atoms with Crippen molar-refractivity contribution in [3.63, 3.8) is 0 Å². The summed E-state index contributed by atoms with van der Waals surface area (Å²) in [5.74, 6) is 0.681. The van der Waals surface area contributed by atoms with Gasteiger partial charge in [0.2, 0.25) is 5.91 Å². The highest BCUT2D eigenvalue weighted by Gasteiger charge is 2.31. The van der Waals surface area contributed by atoms with Crippen LogP contribution in [0.25, 0.3) is 11.4 Å². The molecule has 1 amide bonds. The summed E-state index contributed by atoms with van der Waals surface area (Å²) in [5.41, 5.74) is 2.33. The van der Waals surface area contributed by atoms with E-state index in [1.807, 2.05) is 37.9 Å². The lowest BCUT2D eigenvalue weighted by Crippen LogP contribution is -2.45. The number of hydrogen-bond donors (Lipinski definition) is 1. The maximum absolute atomic E-state index is 12.5. The van der Waals surface area contributed by atoms with Crippen LogP contribution in [0.4, 0.5) is 0 Å². The number of likely N-dealkylation sites (tertiary alicyclic amines) is 1. The molecule has 3 heterocycles. The minimum absolute atomic E-state index is 0.240. The SMILES string of the molecule is CC(C)(C)C(=O)N1CCC[C@H](Cc2cncc(-c3ccn[nH]3)n2)C1. The summed E-state index contributed by atoms with van der Waals surface area (Å²) >= 11 is 0. The Morgan fingerprint density at radius 1 is 1.38 bits per heavy atom. The summed E-state index contributed by atoms with van der Waals surface area (Å²) in [6.45, 7) is 7.63. The van der Waals surface area contributed by atoms with Crippen molar-refractivity contribution in [2.24, 2.45) is 11.3 Å². The Labute approximate surface area is 142 Å². The van der Waals surface area contributed by atoms with Crippen LogP contribution in [-0.2, 0) is 11.2 Å². The van der Waals surface area contributed by atoms with Crippen LogP contribution in [0.3, 0.4) is 0 Å². The van der Waals surface area contributed by atoms with Gasteiger partial charge in [-0.2, -0.15) is 5.10 Å². The summed E-state index contributed by atoms with van der Waals surface area (Å²) in [6.07, 6.45) is 8.31. The molecule has 0 spiro atoms. The largest absolute Gasteiger partial charge is 0.342 e. The van der Waals surface area contributed by atoms with Crippen LogP contribution in [0.15, 0.2) is 24.7 Å². The molecular formula is C18H25N5O. The highest BCUT2D eigenvalue weighted by molar-refractivity contribution is 5.81. The van der Waals surface area contributed by atoms with E-state index in [1.165, 1.54) is 0 Å². The fourth-order valence-corrected chi connectivity index (χ4v) is 3.22. The second-order valence-corrected chi connectivity index (χ2v) is 7.58. The first-order valence-corrected chi connectivity index (χ1v) is 8.53. The quantitative estimate of drug-likeness (QED) is 0.940. The molecule has 0 bridgehead atoms. The molecule has 0 saturated carbocycles. The zero-order valence-electron chi connectivity index (χ0n) is 14.6. The van der Waals surface area contributed by atoms with Crippen molar-refractivity contribution in [3.05, 3.63) is 30.4 Å². The van der Waals surface area contributed by atoms with Crippen molar-refractivity contribution >= 4 is 5.91 Å². The lowest BCUT2D eigenvalue weighted by atomic mass is 9.89. The molecular weight excluding hydrogens is 302 g/mol. The van der Waals surface area contributed by atoms with Crippen LogP contribution in [0.5, 0.6) is 0 Å². The van der Waals surface area contributed by atoms with Gasteiger partial charge in [0.1, 0.15) is 5.69 Å². The summed E-state index contributed by atoms with van der Waals surface area (Å²) in [5, 5.41) is 6.88. The highest BCUT2D eigenvalue weighted by atomic mass is 16.2. The van der Waals surface area contributed by atoms with E-state index in [-0.39, 0.29) is 11.3 Å². The Morgan fingerprint density at radius 3 is 2.92 bits per heavy atom. The molecule has 3 rings (SSSR count). The highest BCUT2D eigenvalue weighted by Crippen LogP contribution is 2.25. The van der Waals surface area contributed by atoms with Gasteiger partial charge in [-0.15, -0.1) is 0 Å². The van der Waals surface area contributed by atoms with E-state index in [4.69, 9.17) is 4.98 Å². The average molecular weight is 327 g/mol. The predicted octanol–water partition coefficient (Wildman–Crippen LogP) is 2.69. The molecule has 1 saturated heterocycles. The molecule has 1 fully saturated rings. The van der Waals surface area contributed by atoms with Gasteiger partial charge in [-0.25, -0.2) is 4.98 Å². The topological polar surface area (TPSA) is 74.8 Å². The third kappa shape index (κ3) is 3.80. The normalized spacial score (nSPS) is 18.6. The zero-order chi connectivity index (χ0) is 17.2. The molecule has 2 aromatic rings. The first-order valence-electron chi connectivity index (χ1n) is 8.53. The Hall–Kier alpha value is -2.24. The summed E-state index contributed by atoms with van der Waals surface area (Å²) < 4.78 is 0.